The number of aromatic nitrogens is 1. The van der Waals surface area contributed by atoms with Crippen LogP contribution in [0.3, 0.4) is 0 Å². The normalized spacial score (nSPS) is 10.3. The van der Waals surface area contributed by atoms with Gasteiger partial charge in [0.15, 0.2) is 5.11 Å². The zero-order valence-corrected chi connectivity index (χ0v) is 16.5. The predicted molar refractivity (Wildman–Crippen MR) is 110 cm³/mol. The van der Waals surface area contributed by atoms with Gasteiger partial charge in [0.1, 0.15) is 29.4 Å². The summed E-state index contributed by atoms with van der Waals surface area (Å²) in [5.41, 5.74) is 1.49. The molecule has 0 radical (unpaired) electrons. The smallest absolute Gasteiger partial charge is 0.290 e. The summed E-state index contributed by atoms with van der Waals surface area (Å²) < 4.78 is 10.5. The van der Waals surface area contributed by atoms with Crippen LogP contribution in [0.25, 0.3) is 10.9 Å². The van der Waals surface area contributed by atoms with E-state index in [-0.39, 0.29) is 0 Å². The van der Waals surface area contributed by atoms with Gasteiger partial charge in [0.2, 0.25) is 0 Å². The van der Waals surface area contributed by atoms with Gasteiger partial charge in [0.05, 0.1) is 13.2 Å². The third kappa shape index (κ3) is 6.55. The average molecular weight is 389 g/mol. The minimum atomic E-state index is 0.552. The minimum absolute atomic E-state index is 0.552. The topological polar surface area (TPSA) is 92.5 Å². The van der Waals surface area contributed by atoms with Crippen molar-refractivity contribution in [1.82, 2.24) is 10.6 Å². The fraction of sp³-hybridized carbons (Fsp3) is 0.421. The molecule has 8 heteroatoms. The summed E-state index contributed by atoms with van der Waals surface area (Å²) in [6.45, 7) is 5.28. The maximum Gasteiger partial charge on any atom is 0.290 e. The largest absolute Gasteiger partial charge is 0.494 e. The maximum absolute atomic E-state index is 9.44. The number of thiocarbonyl (C=S) groups is 1. The summed E-state index contributed by atoms with van der Waals surface area (Å²) in [4.78, 5) is 3.27. The van der Waals surface area contributed by atoms with Crippen molar-refractivity contribution in [2.75, 3.05) is 45.3 Å². The molecule has 144 valence electrons. The van der Waals surface area contributed by atoms with Crippen LogP contribution < -0.4 is 25.7 Å². The number of nitrogens with zero attached hydrogens (tertiary/aromatic N) is 1. The number of pyridine rings is 1. The first kappa shape index (κ1) is 20.7. The third-order valence-electron chi connectivity index (χ3n) is 3.81. The summed E-state index contributed by atoms with van der Waals surface area (Å²) in [6.07, 6.45) is 0.902. The van der Waals surface area contributed by atoms with Crippen LogP contribution in [0.15, 0.2) is 24.3 Å². The standard InChI is InChI=1S/C19H25N5O2S/c1-3-26-16-5-6-17-14(12-16)11-15(13-20)18(24-17)21-8-9-23-19(27)22-7-4-10-25-2/h5-6,11-12H,3-4,7-10H2,1-2H3,(H,21,24)(H2,22,23,27)/p+1. The number of hydrogen-bond acceptors (Lipinski definition) is 5. The maximum atomic E-state index is 9.44. The molecular weight excluding hydrogens is 362 g/mol. The van der Waals surface area contributed by atoms with E-state index in [0.29, 0.717) is 42.8 Å². The fourth-order valence-corrected chi connectivity index (χ4v) is 2.74. The van der Waals surface area contributed by atoms with Gasteiger partial charge in [-0.15, -0.1) is 0 Å². The Hall–Kier alpha value is -2.63. The Kier molecular flexibility index (Phi) is 8.55. The summed E-state index contributed by atoms with van der Waals surface area (Å²) in [5, 5.41) is 20.5. The number of methoxy groups -OCH3 is 1. The van der Waals surface area contributed by atoms with Gasteiger partial charge in [0.25, 0.3) is 5.82 Å². The van der Waals surface area contributed by atoms with Gasteiger partial charge in [0, 0.05) is 25.6 Å². The lowest BCUT2D eigenvalue weighted by Crippen LogP contribution is -2.38. The van der Waals surface area contributed by atoms with Crippen LogP contribution in [0.2, 0.25) is 0 Å². The van der Waals surface area contributed by atoms with Crippen molar-refractivity contribution in [3.63, 3.8) is 0 Å². The summed E-state index contributed by atoms with van der Waals surface area (Å²) in [5.74, 6) is 1.48. The molecule has 0 aliphatic heterocycles. The number of aromatic amines is 1. The molecule has 0 atom stereocenters. The van der Waals surface area contributed by atoms with Crippen LogP contribution in [0, 0.1) is 11.3 Å². The Balaban J connectivity index is 1.89. The number of nitrogens with one attached hydrogen (secondary N) is 4. The van der Waals surface area contributed by atoms with Crippen LogP contribution in [0.5, 0.6) is 5.75 Å². The Bertz CT molecular complexity index is 807. The molecule has 0 aliphatic carbocycles. The highest BCUT2D eigenvalue weighted by atomic mass is 32.1. The zero-order valence-electron chi connectivity index (χ0n) is 15.7. The Morgan fingerprint density at radius 3 is 2.78 bits per heavy atom. The molecule has 4 N–H and O–H groups in total. The summed E-state index contributed by atoms with van der Waals surface area (Å²) in [7, 11) is 1.68. The molecule has 0 saturated heterocycles. The third-order valence-corrected chi connectivity index (χ3v) is 4.10. The SMILES string of the molecule is CCOc1ccc2[nH+]c(NCCNC(=S)NCCCOC)c(C#N)cc2c1. The zero-order chi connectivity index (χ0) is 19.5. The molecule has 27 heavy (non-hydrogen) atoms. The highest BCUT2D eigenvalue weighted by Crippen LogP contribution is 2.21. The lowest BCUT2D eigenvalue weighted by molar-refractivity contribution is -0.327. The predicted octanol–water partition coefficient (Wildman–Crippen LogP) is 1.84. The van der Waals surface area contributed by atoms with Crippen molar-refractivity contribution in [3.05, 3.63) is 29.8 Å². The highest BCUT2D eigenvalue weighted by Gasteiger charge is 2.12. The van der Waals surface area contributed by atoms with E-state index in [1.54, 1.807) is 7.11 Å². The van der Waals surface area contributed by atoms with Crippen LogP contribution in [-0.4, -0.2) is 45.1 Å². The molecule has 0 aliphatic rings. The van der Waals surface area contributed by atoms with Gasteiger partial charge >= 0.3 is 0 Å². The van der Waals surface area contributed by atoms with Gasteiger partial charge in [-0.05, 0) is 49.8 Å². The average Bonchev–Trinajstić information content (AvgIpc) is 2.68. The number of H-pyrrole nitrogens is 1. The second kappa shape index (κ2) is 11.2. The first-order valence-electron chi connectivity index (χ1n) is 8.95. The molecule has 0 unspecified atom stereocenters. The number of nitriles is 1. The van der Waals surface area contributed by atoms with Gasteiger partial charge < -0.3 is 20.1 Å². The summed E-state index contributed by atoms with van der Waals surface area (Å²) in [6, 6.07) is 9.86. The van der Waals surface area contributed by atoms with E-state index in [0.717, 1.165) is 29.6 Å². The van der Waals surface area contributed by atoms with Crippen molar-refractivity contribution in [2.45, 2.75) is 13.3 Å². The lowest BCUT2D eigenvalue weighted by atomic mass is 10.1. The second-order valence-electron chi connectivity index (χ2n) is 5.81. The van der Waals surface area contributed by atoms with E-state index in [1.807, 2.05) is 31.2 Å². The number of fused-ring (bicyclic) bond motifs is 1. The van der Waals surface area contributed by atoms with Crippen molar-refractivity contribution in [2.24, 2.45) is 0 Å². The van der Waals surface area contributed by atoms with Crippen molar-refractivity contribution < 1.29 is 14.5 Å². The highest BCUT2D eigenvalue weighted by molar-refractivity contribution is 7.80. The van der Waals surface area contributed by atoms with E-state index in [9.17, 15) is 5.26 Å². The quantitative estimate of drug-likeness (QED) is 0.422. The van der Waals surface area contributed by atoms with E-state index < -0.39 is 0 Å². The Morgan fingerprint density at radius 2 is 2.04 bits per heavy atom. The van der Waals surface area contributed by atoms with Gasteiger partial charge in [-0.1, -0.05) is 0 Å². The van der Waals surface area contributed by atoms with Crippen molar-refractivity contribution in [1.29, 1.82) is 5.26 Å². The van der Waals surface area contributed by atoms with Crippen LogP contribution >= 0.6 is 12.2 Å². The molecule has 7 nitrogen and oxygen atoms in total. The van der Waals surface area contributed by atoms with Crippen molar-refractivity contribution in [3.8, 4) is 11.8 Å². The van der Waals surface area contributed by atoms with E-state index in [4.69, 9.17) is 21.7 Å². The molecule has 1 aromatic carbocycles. The van der Waals surface area contributed by atoms with E-state index >= 15 is 0 Å². The molecule has 2 rings (SSSR count). The number of hydrogen-bond donors (Lipinski definition) is 3. The molecule has 2 aromatic rings. The number of rotatable bonds is 10. The lowest BCUT2D eigenvalue weighted by Gasteiger charge is -2.10. The van der Waals surface area contributed by atoms with Crippen LogP contribution in [0.1, 0.15) is 18.9 Å². The van der Waals surface area contributed by atoms with E-state index in [1.165, 1.54) is 0 Å². The number of benzene rings is 1. The molecule has 0 fully saturated rings. The molecule has 0 spiro atoms. The van der Waals surface area contributed by atoms with Gasteiger partial charge in [-0.25, -0.2) is 4.98 Å². The fourth-order valence-electron chi connectivity index (χ4n) is 2.53. The monoisotopic (exact) mass is 388 g/mol. The van der Waals surface area contributed by atoms with E-state index in [2.05, 4.69) is 27.0 Å². The molecule has 0 amide bonds. The molecule has 0 saturated carbocycles. The van der Waals surface area contributed by atoms with Crippen molar-refractivity contribution >= 4 is 34.1 Å². The van der Waals surface area contributed by atoms with Gasteiger partial charge in [-0.2, -0.15) is 5.26 Å². The summed E-state index contributed by atoms with van der Waals surface area (Å²) >= 11 is 5.22. The van der Waals surface area contributed by atoms with Crippen LogP contribution in [0.4, 0.5) is 5.82 Å². The first-order chi connectivity index (χ1) is 13.2. The Labute approximate surface area is 165 Å². The second-order valence-corrected chi connectivity index (χ2v) is 6.22. The molecule has 1 aromatic heterocycles. The minimum Gasteiger partial charge on any atom is -0.494 e. The molecular formula is C19H26N5O2S+. The number of anilines is 1. The molecule has 0 bridgehead atoms. The van der Waals surface area contributed by atoms with Crippen LogP contribution in [-0.2, 0) is 4.74 Å². The Morgan fingerprint density at radius 1 is 1.22 bits per heavy atom. The number of ether oxygens (including phenoxy) is 2. The van der Waals surface area contributed by atoms with Gasteiger partial charge in [-0.3, -0.25) is 5.32 Å². The first-order valence-corrected chi connectivity index (χ1v) is 9.36. The molecule has 1 heterocycles.